The minimum atomic E-state index is -0.446. The summed E-state index contributed by atoms with van der Waals surface area (Å²) in [4.78, 5) is 12.6. The summed E-state index contributed by atoms with van der Waals surface area (Å²) in [6, 6.07) is 12.6. The van der Waals surface area contributed by atoms with Gasteiger partial charge < -0.3 is 4.74 Å². The normalized spacial score (nSPS) is 24.9. The van der Waals surface area contributed by atoms with Gasteiger partial charge >= 0.3 is 5.97 Å². The van der Waals surface area contributed by atoms with Gasteiger partial charge in [0.05, 0.1) is 5.56 Å². The monoisotopic (exact) mass is 460 g/mol. The van der Waals surface area contributed by atoms with E-state index in [4.69, 9.17) is 4.74 Å². The molecule has 0 bridgehead atoms. The third-order valence-corrected chi connectivity index (χ3v) is 7.79. The first-order valence-electron chi connectivity index (χ1n) is 12.9. The molecule has 2 aromatic carbocycles. The number of rotatable bonds is 7. The number of carbonyl (C=O) groups excluding carboxylic acids is 1. The van der Waals surface area contributed by atoms with Crippen molar-refractivity contribution in [2.24, 2.45) is 17.8 Å². The summed E-state index contributed by atoms with van der Waals surface area (Å²) in [5.74, 6) is 2.52. The summed E-state index contributed by atoms with van der Waals surface area (Å²) in [7, 11) is 0. The minimum absolute atomic E-state index is 0.244. The number of hydrogen-bond acceptors (Lipinski definition) is 2. The van der Waals surface area contributed by atoms with Crippen LogP contribution in [-0.2, 0) is 6.42 Å². The van der Waals surface area contributed by atoms with E-state index in [1.807, 2.05) is 31.2 Å². The SMILES string of the molecule is C/C=C/CCc1ccc(OC(=O)c2ccc(C3CCC4CC(/C=C/C)CCC4C3)cc2)cc1F. The van der Waals surface area contributed by atoms with Crippen molar-refractivity contribution in [3.8, 4) is 5.75 Å². The van der Waals surface area contributed by atoms with Crippen LogP contribution in [0, 0.1) is 23.6 Å². The largest absolute Gasteiger partial charge is 0.423 e. The molecule has 0 saturated heterocycles. The highest BCUT2D eigenvalue weighted by Gasteiger charge is 2.35. The molecule has 2 aliphatic rings. The van der Waals surface area contributed by atoms with E-state index in [1.165, 1.54) is 50.2 Å². The van der Waals surface area contributed by atoms with Gasteiger partial charge in [-0.25, -0.2) is 9.18 Å². The molecule has 34 heavy (non-hydrogen) atoms. The van der Waals surface area contributed by atoms with Crippen molar-refractivity contribution in [3.05, 3.63) is 89.3 Å². The van der Waals surface area contributed by atoms with Crippen LogP contribution in [0.1, 0.15) is 86.2 Å². The zero-order valence-electron chi connectivity index (χ0n) is 20.5. The van der Waals surface area contributed by atoms with Crippen LogP contribution in [0.2, 0.25) is 0 Å². The minimum Gasteiger partial charge on any atom is -0.423 e. The van der Waals surface area contributed by atoms with Gasteiger partial charge in [-0.15, -0.1) is 0 Å². The van der Waals surface area contributed by atoms with Gasteiger partial charge in [-0.2, -0.15) is 0 Å². The van der Waals surface area contributed by atoms with E-state index < -0.39 is 5.97 Å². The molecule has 2 nitrogen and oxygen atoms in total. The molecule has 0 aromatic heterocycles. The van der Waals surface area contributed by atoms with E-state index in [-0.39, 0.29) is 11.6 Å². The predicted molar refractivity (Wildman–Crippen MR) is 137 cm³/mol. The number of esters is 1. The third-order valence-electron chi connectivity index (χ3n) is 7.79. The van der Waals surface area contributed by atoms with E-state index in [2.05, 4.69) is 31.2 Å². The Hall–Kier alpha value is -2.68. The first-order valence-corrected chi connectivity index (χ1v) is 12.9. The Morgan fingerprint density at radius 1 is 0.971 bits per heavy atom. The number of halogens is 1. The lowest BCUT2D eigenvalue weighted by atomic mass is 9.64. The van der Waals surface area contributed by atoms with Gasteiger partial charge in [0, 0.05) is 6.07 Å². The van der Waals surface area contributed by atoms with Gasteiger partial charge in [0.15, 0.2) is 0 Å². The molecule has 2 fully saturated rings. The molecule has 4 atom stereocenters. The average molecular weight is 461 g/mol. The summed E-state index contributed by atoms with van der Waals surface area (Å²) in [6.45, 7) is 4.08. The molecular formula is C31H37FO2. The van der Waals surface area contributed by atoms with Crippen LogP contribution < -0.4 is 4.74 Å². The number of benzene rings is 2. The third kappa shape index (κ3) is 6.05. The van der Waals surface area contributed by atoms with E-state index >= 15 is 0 Å². The van der Waals surface area contributed by atoms with Crippen molar-refractivity contribution >= 4 is 5.97 Å². The zero-order valence-corrected chi connectivity index (χ0v) is 20.5. The van der Waals surface area contributed by atoms with Gasteiger partial charge in [0.2, 0.25) is 0 Å². The number of allylic oxidation sites excluding steroid dienone is 4. The molecule has 0 N–H and O–H groups in total. The van der Waals surface area contributed by atoms with Crippen molar-refractivity contribution in [1.29, 1.82) is 0 Å². The number of hydrogen-bond donors (Lipinski definition) is 0. The van der Waals surface area contributed by atoms with Crippen LogP contribution in [0.4, 0.5) is 4.39 Å². The molecule has 2 aliphatic carbocycles. The molecule has 4 unspecified atom stereocenters. The highest BCUT2D eigenvalue weighted by atomic mass is 19.1. The summed E-state index contributed by atoms with van der Waals surface area (Å²) in [5, 5.41) is 0. The molecule has 0 spiro atoms. The van der Waals surface area contributed by atoms with E-state index in [1.54, 1.807) is 12.1 Å². The molecule has 0 radical (unpaired) electrons. The molecule has 180 valence electrons. The van der Waals surface area contributed by atoms with Gasteiger partial charge in [-0.1, -0.05) is 42.5 Å². The Bertz CT molecular complexity index is 1020. The lowest BCUT2D eigenvalue weighted by molar-refractivity contribution is 0.0734. The highest BCUT2D eigenvalue weighted by molar-refractivity contribution is 5.91. The predicted octanol–water partition coefficient (Wildman–Crippen LogP) is 8.43. The maximum Gasteiger partial charge on any atom is 0.343 e. The Morgan fingerprint density at radius 3 is 2.47 bits per heavy atom. The van der Waals surface area contributed by atoms with Gasteiger partial charge in [0.25, 0.3) is 0 Å². The summed E-state index contributed by atoms with van der Waals surface area (Å²) in [6.07, 6.45) is 17.8. The van der Waals surface area contributed by atoms with Crippen molar-refractivity contribution in [3.63, 3.8) is 0 Å². The summed E-state index contributed by atoms with van der Waals surface area (Å²) >= 11 is 0. The van der Waals surface area contributed by atoms with Crippen molar-refractivity contribution in [2.45, 2.75) is 71.1 Å². The molecule has 4 rings (SSSR count). The number of carbonyl (C=O) groups is 1. The van der Waals surface area contributed by atoms with Crippen LogP contribution in [0.5, 0.6) is 5.75 Å². The maximum atomic E-state index is 14.3. The molecule has 3 heteroatoms. The van der Waals surface area contributed by atoms with Crippen molar-refractivity contribution < 1.29 is 13.9 Å². The van der Waals surface area contributed by atoms with E-state index in [0.29, 0.717) is 23.5 Å². The van der Waals surface area contributed by atoms with Gasteiger partial charge in [-0.05, 0) is 118 Å². The molecular weight excluding hydrogens is 423 g/mol. The van der Waals surface area contributed by atoms with Crippen LogP contribution in [0.15, 0.2) is 66.8 Å². The second-order valence-electron chi connectivity index (χ2n) is 10.0. The Labute approximate surface area is 203 Å². The lowest BCUT2D eigenvalue weighted by Crippen LogP contribution is -2.30. The molecule has 0 aliphatic heterocycles. The number of ether oxygens (including phenoxy) is 1. The molecule has 0 heterocycles. The summed E-state index contributed by atoms with van der Waals surface area (Å²) < 4.78 is 19.8. The highest BCUT2D eigenvalue weighted by Crippen LogP contribution is 2.47. The lowest BCUT2D eigenvalue weighted by Gasteiger charge is -2.41. The smallest absolute Gasteiger partial charge is 0.343 e. The van der Waals surface area contributed by atoms with Crippen LogP contribution in [0.3, 0.4) is 0 Å². The molecule has 2 aromatic rings. The maximum absolute atomic E-state index is 14.3. The fraction of sp³-hybridized carbons (Fsp3) is 0.452. The van der Waals surface area contributed by atoms with Gasteiger partial charge in [-0.3, -0.25) is 0 Å². The second kappa shape index (κ2) is 11.6. The topological polar surface area (TPSA) is 26.3 Å². The molecule has 2 saturated carbocycles. The fourth-order valence-electron chi connectivity index (χ4n) is 5.93. The first-order chi connectivity index (χ1) is 16.6. The summed E-state index contributed by atoms with van der Waals surface area (Å²) in [5.41, 5.74) is 2.45. The average Bonchev–Trinajstić information content (AvgIpc) is 2.85. The first kappa shape index (κ1) is 24.4. The Morgan fingerprint density at radius 2 is 1.74 bits per heavy atom. The second-order valence-corrected chi connectivity index (χ2v) is 10.0. The Balaban J connectivity index is 1.33. The number of fused-ring (bicyclic) bond motifs is 1. The van der Waals surface area contributed by atoms with Crippen molar-refractivity contribution in [1.82, 2.24) is 0 Å². The van der Waals surface area contributed by atoms with E-state index in [9.17, 15) is 9.18 Å². The van der Waals surface area contributed by atoms with Crippen LogP contribution in [0.25, 0.3) is 0 Å². The van der Waals surface area contributed by atoms with Gasteiger partial charge in [0.1, 0.15) is 11.6 Å². The van der Waals surface area contributed by atoms with Crippen molar-refractivity contribution in [2.75, 3.05) is 0 Å². The zero-order chi connectivity index (χ0) is 23.9. The fourth-order valence-corrected chi connectivity index (χ4v) is 5.93. The number of aryl methyl sites for hydroxylation is 1. The van der Waals surface area contributed by atoms with Crippen LogP contribution >= 0.6 is 0 Å². The Kier molecular flexibility index (Phi) is 8.37. The molecule has 0 amide bonds. The van der Waals surface area contributed by atoms with Crippen LogP contribution in [-0.4, -0.2) is 5.97 Å². The standard InChI is InChI=1S/C31H37FO2/c1-3-5-6-8-24-17-18-29(21-30(24)32)34-31(33)25-13-11-23(12-14-25)27-16-15-26-19-22(7-4-2)9-10-28(26)20-27/h3-5,7,11-14,17-18,21-22,26-28H,6,8-10,15-16,19-20H2,1-2H3/b5-3+,7-4+. The quantitative estimate of drug-likeness (QED) is 0.235. The van der Waals surface area contributed by atoms with E-state index in [0.717, 1.165) is 24.2 Å².